The molecule has 3 amide bonds. The molecule has 140 valence electrons. The van der Waals surface area contributed by atoms with Gasteiger partial charge in [0.1, 0.15) is 0 Å². The topological polar surface area (TPSA) is 66.5 Å². The molecule has 0 unspecified atom stereocenters. The highest BCUT2D eigenvalue weighted by molar-refractivity contribution is 6.31. The van der Waals surface area contributed by atoms with E-state index in [9.17, 15) is 14.4 Å². The van der Waals surface area contributed by atoms with Crippen molar-refractivity contribution in [3.63, 3.8) is 0 Å². The zero-order chi connectivity index (χ0) is 19.2. The number of aryl methyl sites for hydroxylation is 1. The fraction of sp³-hybridized carbons (Fsp3) is 0.286. The first-order valence-corrected chi connectivity index (χ1v) is 9.41. The van der Waals surface area contributed by atoms with Crippen LogP contribution in [-0.4, -0.2) is 35.7 Å². The van der Waals surface area contributed by atoms with Gasteiger partial charge in [-0.15, -0.1) is 0 Å². The summed E-state index contributed by atoms with van der Waals surface area (Å²) in [6, 6.07) is 14.5. The van der Waals surface area contributed by atoms with E-state index < -0.39 is 0 Å². The summed E-state index contributed by atoms with van der Waals surface area (Å²) in [5, 5.41) is 3.61. The molecule has 0 radical (unpaired) electrons. The predicted octanol–water partition coefficient (Wildman–Crippen LogP) is 3.47. The number of carbonyl (C=O) groups is 3. The van der Waals surface area contributed by atoms with Crippen molar-refractivity contribution in [2.45, 2.75) is 25.7 Å². The van der Waals surface area contributed by atoms with Crippen molar-refractivity contribution in [2.24, 2.45) is 0 Å². The maximum Gasteiger partial charge on any atom is 0.261 e. The van der Waals surface area contributed by atoms with Gasteiger partial charge < -0.3 is 5.32 Å². The van der Waals surface area contributed by atoms with Crippen molar-refractivity contribution in [3.8, 4) is 0 Å². The summed E-state index contributed by atoms with van der Waals surface area (Å²) < 4.78 is 0. The Labute approximate surface area is 163 Å². The SMILES string of the molecule is O=C(CCCN1C(=O)c2ccccc2C1=O)NCCCc1ccccc1Cl. The van der Waals surface area contributed by atoms with Crippen LogP contribution in [0.4, 0.5) is 0 Å². The average molecular weight is 385 g/mol. The number of halogens is 1. The fourth-order valence-corrected chi connectivity index (χ4v) is 3.37. The number of benzene rings is 2. The molecule has 2 aromatic carbocycles. The first kappa shape index (κ1) is 19.1. The number of amides is 3. The van der Waals surface area contributed by atoms with E-state index in [1.807, 2.05) is 24.3 Å². The second kappa shape index (κ2) is 8.82. The van der Waals surface area contributed by atoms with E-state index in [0.717, 1.165) is 23.4 Å². The number of imide groups is 1. The molecule has 0 aliphatic carbocycles. The molecular formula is C21H21ClN2O3. The van der Waals surface area contributed by atoms with E-state index in [2.05, 4.69) is 5.32 Å². The summed E-state index contributed by atoms with van der Waals surface area (Å²) in [4.78, 5) is 37.7. The molecule has 2 aromatic rings. The second-order valence-corrected chi connectivity index (χ2v) is 6.86. The average Bonchev–Trinajstić information content (AvgIpc) is 2.92. The maximum absolute atomic E-state index is 12.2. The number of nitrogens with zero attached hydrogens (tertiary/aromatic N) is 1. The number of hydrogen-bond donors (Lipinski definition) is 1. The quantitative estimate of drug-likeness (QED) is 0.559. The largest absolute Gasteiger partial charge is 0.356 e. The van der Waals surface area contributed by atoms with Crippen LogP contribution in [0, 0.1) is 0 Å². The second-order valence-electron chi connectivity index (χ2n) is 6.46. The highest BCUT2D eigenvalue weighted by Crippen LogP contribution is 2.22. The molecule has 0 spiro atoms. The molecule has 0 saturated carbocycles. The molecule has 0 atom stereocenters. The Bertz CT molecular complexity index is 831. The van der Waals surface area contributed by atoms with E-state index in [1.54, 1.807) is 24.3 Å². The highest BCUT2D eigenvalue weighted by Gasteiger charge is 2.34. The normalized spacial score (nSPS) is 13.0. The molecule has 1 aliphatic rings. The van der Waals surface area contributed by atoms with Gasteiger partial charge in [0.05, 0.1) is 11.1 Å². The van der Waals surface area contributed by atoms with E-state index in [1.165, 1.54) is 4.90 Å². The van der Waals surface area contributed by atoms with Gasteiger partial charge in [-0.2, -0.15) is 0 Å². The third-order valence-electron chi connectivity index (χ3n) is 4.57. The maximum atomic E-state index is 12.2. The van der Waals surface area contributed by atoms with Crippen LogP contribution in [0.3, 0.4) is 0 Å². The number of hydrogen-bond acceptors (Lipinski definition) is 3. The Morgan fingerprint density at radius 2 is 1.56 bits per heavy atom. The smallest absolute Gasteiger partial charge is 0.261 e. The van der Waals surface area contributed by atoms with Crippen LogP contribution in [0.5, 0.6) is 0 Å². The Balaban J connectivity index is 1.36. The third kappa shape index (κ3) is 4.55. The van der Waals surface area contributed by atoms with Gasteiger partial charge in [0.15, 0.2) is 0 Å². The van der Waals surface area contributed by atoms with Gasteiger partial charge in [-0.1, -0.05) is 41.9 Å². The van der Waals surface area contributed by atoms with Crippen LogP contribution < -0.4 is 5.32 Å². The number of rotatable bonds is 8. The van der Waals surface area contributed by atoms with Crippen LogP contribution in [0.25, 0.3) is 0 Å². The Morgan fingerprint density at radius 1 is 0.926 bits per heavy atom. The highest BCUT2D eigenvalue weighted by atomic mass is 35.5. The summed E-state index contributed by atoms with van der Waals surface area (Å²) in [6.07, 6.45) is 2.32. The van der Waals surface area contributed by atoms with E-state index in [0.29, 0.717) is 24.1 Å². The van der Waals surface area contributed by atoms with E-state index >= 15 is 0 Å². The van der Waals surface area contributed by atoms with Gasteiger partial charge >= 0.3 is 0 Å². The minimum absolute atomic E-state index is 0.0780. The summed E-state index contributed by atoms with van der Waals surface area (Å²) in [6.45, 7) is 0.816. The standard InChI is InChI=1S/C21H21ClN2O3/c22-18-11-4-1-7-15(18)8-5-13-23-19(25)12-6-14-24-20(26)16-9-2-3-10-17(16)21(24)27/h1-4,7,9-11H,5-6,8,12-14H2,(H,23,25). The molecule has 0 saturated heterocycles. The number of nitrogens with one attached hydrogen (secondary N) is 1. The summed E-state index contributed by atoms with van der Waals surface area (Å²) in [5.41, 5.74) is 1.94. The monoisotopic (exact) mass is 384 g/mol. The molecule has 1 heterocycles. The lowest BCUT2D eigenvalue weighted by atomic mass is 10.1. The molecule has 0 bridgehead atoms. The van der Waals surface area contributed by atoms with Crippen LogP contribution in [-0.2, 0) is 11.2 Å². The zero-order valence-electron chi connectivity index (χ0n) is 14.9. The minimum atomic E-state index is -0.282. The molecule has 1 aliphatic heterocycles. The van der Waals surface area contributed by atoms with Crippen molar-refractivity contribution in [3.05, 3.63) is 70.2 Å². The third-order valence-corrected chi connectivity index (χ3v) is 4.94. The summed E-state index contributed by atoms with van der Waals surface area (Å²) in [7, 11) is 0. The van der Waals surface area contributed by atoms with Gasteiger partial charge in [-0.05, 0) is 43.0 Å². The summed E-state index contributed by atoms with van der Waals surface area (Å²) >= 11 is 6.11. The van der Waals surface area contributed by atoms with E-state index in [4.69, 9.17) is 11.6 Å². The zero-order valence-corrected chi connectivity index (χ0v) is 15.7. The predicted molar refractivity (Wildman–Crippen MR) is 104 cm³/mol. The lowest BCUT2D eigenvalue weighted by Crippen LogP contribution is -2.32. The van der Waals surface area contributed by atoms with Gasteiger partial charge in [-0.25, -0.2) is 0 Å². The molecule has 6 heteroatoms. The molecule has 1 N–H and O–H groups in total. The van der Waals surface area contributed by atoms with E-state index in [-0.39, 0.29) is 30.7 Å². The molecule has 0 fully saturated rings. The van der Waals surface area contributed by atoms with Gasteiger partial charge in [0.2, 0.25) is 5.91 Å². The van der Waals surface area contributed by atoms with Crippen LogP contribution in [0.15, 0.2) is 48.5 Å². The Hall–Kier alpha value is -2.66. The van der Waals surface area contributed by atoms with Crippen molar-refractivity contribution in [1.82, 2.24) is 10.2 Å². The Kier molecular flexibility index (Phi) is 6.24. The van der Waals surface area contributed by atoms with Crippen molar-refractivity contribution < 1.29 is 14.4 Å². The van der Waals surface area contributed by atoms with Crippen molar-refractivity contribution >= 4 is 29.3 Å². The summed E-state index contributed by atoms with van der Waals surface area (Å²) in [5.74, 6) is -0.641. The molecular weight excluding hydrogens is 364 g/mol. The van der Waals surface area contributed by atoms with Crippen LogP contribution in [0.2, 0.25) is 5.02 Å². The minimum Gasteiger partial charge on any atom is -0.356 e. The van der Waals surface area contributed by atoms with Crippen molar-refractivity contribution in [1.29, 1.82) is 0 Å². The van der Waals surface area contributed by atoms with Crippen LogP contribution >= 0.6 is 11.6 Å². The van der Waals surface area contributed by atoms with Gasteiger partial charge in [-0.3, -0.25) is 19.3 Å². The number of carbonyl (C=O) groups excluding carboxylic acids is 3. The van der Waals surface area contributed by atoms with Crippen molar-refractivity contribution in [2.75, 3.05) is 13.1 Å². The fourth-order valence-electron chi connectivity index (χ4n) is 3.14. The number of fused-ring (bicyclic) bond motifs is 1. The van der Waals surface area contributed by atoms with Gasteiger partial charge in [0, 0.05) is 24.5 Å². The Morgan fingerprint density at radius 3 is 2.22 bits per heavy atom. The molecule has 3 rings (SSSR count). The molecule has 27 heavy (non-hydrogen) atoms. The first-order chi connectivity index (χ1) is 13.1. The van der Waals surface area contributed by atoms with Gasteiger partial charge in [0.25, 0.3) is 11.8 Å². The molecule has 5 nitrogen and oxygen atoms in total. The molecule has 0 aromatic heterocycles. The lowest BCUT2D eigenvalue weighted by molar-refractivity contribution is -0.121. The van der Waals surface area contributed by atoms with Crippen LogP contribution in [0.1, 0.15) is 45.5 Å². The lowest BCUT2D eigenvalue weighted by Gasteiger charge is -2.13. The first-order valence-electron chi connectivity index (χ1n) is 9.03.